The Hall–Kier alpha value is -3.20. The van der Waals surface area contributed by atoms with E-state index in [4.69, 9.17) is 9.47 Å². The van der Waals surface area contributed by atoms with E-state index >= 15 is 0 Å². The zero-order chi connectivity index (χ0) is 21.5. The Morgan fingerprint density at radius 3 is 3.03 bits per heavy atom. The molecule has 0 unspecified atom stereocenters. The largest absolute Gasteiger partial charge is 0.475 e. The molecular weight excluding hydrogens is 401 g/mol. The predicted octanol–water partition coefficient (Wildman–Crippen LogP) is 2.73. The Morgan fingerprint density at radius 1 is 1.32 bits per heavy atom. The normalized spacial score (nSPS) is 21.2. The standard InChI is InChI=1S/C22H24FN5O3/c1-13(2)31-19-10-17-12-30-20-3-5-28-21(26-20)18(11-25-28)14-7-15(23)9-16(8-14)24-4-6-27(17)22(19)29/h3,5,7-9,11,13,17,19,24H,4,6,10,12H2,1-2H3/t17-,19+/m0/s1. The van der Waals surface area contributed by atoms with E-state index in [0.29, 0.717) is 54.5 Å². The average Bonchev–Trinajstić information content (AvgIpc) is 3.27. The summed E-state index contributed by atoms with van der Waals surface area (Å²) in [6.07, 6.45) is 3.45. The fraction of sp³-hybridized carbons (Fsp3) is 0.409. The SMILES string of the molecule is CC(C)O[C@@H]1C[C@H]2COc3ccn4ncc(c4n3)-c3cc(F)cc(c3)NCCN2C1=O. The number of anilines is 1. The van der Waals surface area contributed by atoms with E-state index in [1.54, 1.807) is 27.9 Å². The van der Waals surface area contributed by atoms with Crippen molar-refractivity contribution >= 4 is 17.2 Å². The summed E-state index contributed by atoms with van der Waals surface area (Å²) in [5, 5.41) is 7.56. The van der Waals surface area contributed by atoms with E-state index in [1.165, 1.54) is 12.1 Å². The van der Waals surface area contributed by atoms with E-state index in [1.807, 2.05) is 19.9 Å². The van der Waals surface area contributed by atoms with Crippen LogP contribution in [0, 0.1) is 5.82 Å². The Morgan fingerprint density at radius 2 is 2.19 bits per heavy atom. The van der Waals surface area contributed by atoms with Crippen LogP contribution < -0.4 is 10.1 Å². The monoisotopic (exact) mass is 425 g/mol. The minimum atomic E-state index is -0.484. The Kier molecular flexibility index (Phi) is 4.97. The molecule has 4 heterocycles. The highest BCUT2D eigenvalue weighted by Crippen LogP contribution is 2.29. The maximum Gasteiger partial charge on any atom is 0.252 e. The first kappa shape index (κ1) is 19.7. The van der Waals surface area contributed by atoms with Crippen LogP contribution in [0.4, 0.5) is 10.1 Å². The van der Waals surface area contributed by atoms with Crippen molar-refractivity contribution in [2.75, 3.05) is 25.0 Å². The van der Waals surface area contributed by atoms with Gasteiger partial charge in [-0.3, -0.25) is 4.79 Å². The maximum atomic E-state index is 14.3. The van der Waals surface area contributed by atoms with Crippen LogP contribution in [-0.4, -0.2) is 63.4 Å². The summed E-state index contributed by atoms with van der Waals surface area (Å²) in [6.45, 7) is 5.09. The lowest BCUT2D eigenvalue weighted by molar-refractivity contribution is -0.140. The molecule has 0 aliphatic carbocycles. The molecule has 8 nitrogen and oxygen atoms in total. The minimum absolute atomic E-state index is 0.0437. The number of aromatic nitrogens is 3. The molecule has 2 aromatic heterocycles. The quantitative estimate of drug-likeness (QED) is 0.680. The first-order valence-electron chi connectivity index (χ1n) is 10.5. The van der Waals surface area contributed by atoms with Crippen molar-refractivity contribution in [1.82, 2.24) is 19.5 Å². The van der Waals surface area contributed by atoms with Gasteiger partial charge in [0.25, 0.3) is 5.91 Å². The second-order valence-corrected chi connectivity index (χ2v) is 8.15. The first-order valence-corrected chi connectivity index (χ1v) is 10.5. The van der Waals surface area contributed by atoms with Crippen LogP contribution in [0.25, 0.3) is 16.8 Å². The van der Waals surface area contributed by atoms with Crippen molar-refractivity contribution in [3.63, 3.8) is 0 Å². The summed E-state index contributed by atoms with van der Waals surface area (Å²) in [5.41, 5.74) is 2.59. The molecule has 31 heavy (non-hydrogen) atoms. The summed E-state index contributed by atoms with van der Waals surface area (Å²) < 4.78 is 27.8. The molecule has 1 fully saturated rings. The van der Waals surface area contributed by atoms with Crippen molar-refractivity contribution in [3.8, 4) is 17.0 Å². The van der Waals surface area contributed by atoms with E-state index in [2.05, 4.69) is 15.4 Å². The van der Waals surface area contributed by atoms with Crippen LogP contribution in [-0.2, 0) is 9.53 Å². The summed E-state index contributed by atoms with van der Waals surface area (Å²) in [5.74, 6) is 0.0265. The third-order valence-corrected chi connectivity index (χ3v) is 5.58. The number of benzene rings is 1. The van der Waals surface area contributed by atoms with E-state index in [9.17, 15) is 9.18 Å². The molecule has 5 rings (SSSR count). The molecule has 1 saturated heterocycles. The number of amides is 1. The highest BCUT2D eigenvalue weighted by atomic mass is 19.1. The van der Waals surface area contributed by atoms with Crippen molar-refractivity contribution in [2.24, 2.45) is 0 Å². The molecule has 3 aromatic rings. The topological polar surface area (TPSA) is 81.0 Å². The van der Waals surface area contributed by atoms with Gasteiger partial charge in [-0.2, -0.15) is 10.1 Å². The third-order valence-electron chi connectivity index (χ3n) is 5.58. The Balaban J connectivity index is 1.53. The zero-order valence-corrected chi connectivity index (χ0v) is 17.4. The van der Waals surface area contributed by atoms with Crippen LogP contribution >= 0.6 is 0 Å². The number of hydrogen-bond acceptors (Lipinski definition) is 6. The molecule has 0 radical (unpaired) electrons. The molecule has 1 N–H and O–H groups in total. The molecule has 162 valence electrons. The third kappa shape index (κ3) is 3.81. The predicted molar refractivity (Wildman–Crippen MR) is 112 cm³/mol. The number of nitrogens with one attached hydrogen (secondary N) is 1. The lowest BCUT2D eigenvalue weighted by Gasteiger charge is -2.25. The van der Waals surface area contributed by atoms with Gasteiger partial charge in [0.1, 0.15) is 18.5 Å². The minimum Gasteiger partial charge on any atom is -0.475 e. The lowest BCUT2D eigenvalue weighted by Crippen LogP contribution is -2.41. The molecule has 1 amide bonds. The molecule has 2 atom stereocenters. The van der Waals surface area contributed by atoms with Gasteiger partial charge in [0, 0.05) is 43.0 Å². The molecule has 4 bridgehead atoms. The van der Waals surface area contributed by atoms with Gasteiger partial charge in [-0.15, -0.1) is 0 Å². The second kappa shape index (κ2) is 7.81. The van der Waals surface area contributed by atoms with E-state index < -0.39 is 6.10 Å². The molecule has 1 aromatic carbocycles. The first-order chi connectivity index (χ1) is 15.0. The average molecular weight is 425 g/mol. The van der Waals surface area contributed by atoms with Crippen molar-refractivity contribution in [1.29, 1.82) is 0 Å². The number of carbonyl (C=O) groups excluding carboxylic acids is 1. The number of fused-ring (bicyclic) bond motifs is 5. The van der Waals surface area contributed by atoms with Crippen LogP contribution in [0.15, 0.2) is 36.7 Å². The highest BCUT2D eigenvalue weighted by molar-refractivity contribution is 5.84. The fourth-order valence-corrected chi connectivity index (χ4v) is 4.22. The number of nitrogens with zero attached hydrogens (tertiary/aromatic N) is 4. The maximum absolute atomic E-state index is 14.3. The molecule has 0 saturated carbocycles. The highest BCUT2D eigenvalue weighted by Gasteiger charge is 2.40. The van der Waals surface area contributed by atoms with E-state index in [-0.39, 0.29) is 23.9 Å². The summed E-state index contributed by atoms with van der Waals surface area (Å²) in [6, 6.07) is 6.35. The van der Waals surface area contributed by atoms with Crippen molar-refractivity contribution in [2.45, 2.75) is 38.5 Å². The molecule has 9 heteroatoms. The summed E-state index contributed by atoms with van der Waals surface area (Å²) >= 11 is 0. The van der Waals surface area contributed by atoms with Gasteiger partial charge in [0.15, 0.2) is 5.65 Å². The van der Waals surface area contributed by atoms with Crippen LogP contribution in [0.1, 0.15) is 20.3 Å². The number of ether oxygens (including phenoxy) is 2. The van der Waals surface area contributed by atoms with Gasteiger partial charge in [-0.05, 0) is 37.6 Å². The Labute approximate surface area is 179 Å². The number of rotatable bonds is 2. The summed E-state index contributed by atoms with van der Waals surface area (Å²) in [4.78, 5) is 19.3. The smallest absolute Gasteiger partial charge is 0.252 e. The van der Waals surface area contributed by atoms with Crippen LogP contribution in [0.5, 0.6) is 5.88 Å². The second-order valence-electron chi connectivity index (χ2n) is 8.15. The van der Waals surface area contributed by atoms with Gasteiger partial charge < -0.3 is 19.7 Å². The molecule has 0 spiro atoms. The van der Waals surface area contributed by atoms with Gasteiger partial charge in [-0.25, -0.2) is 8.91 Å². The fourth-order valence-electron chi connectivity index (χ4n) is 4.22. The van der Waals surface area contributed by atoms with E-state index in [0.717, 1.165) is 0 Å². The Bertz CT molecular complexity index is 1130. The van der Waals surface area contributed by atoms with Gasteiger partial charge in [-0.1, -0.05) is 0 Å². The van der Waals surface area contributed by atoms with Crippen LogP contribution in [0.3, 0.4) is 0 Å². The van der Waals surface area contributed by atoms with Crippen molar-refractivity contribution < 1.29 is 18.7 Å². The number of carbonyl (C=O) groups is 1. The zero-order valence-electron chi connectivity index (χ0n) is 17.4. The number of hydrogen-bond donors (Lipinski definition) is 1. The molecule has 2 aliphatic rings. The van der Waals surface area contributed by atoms with Crippen LogP contribution in [0.2, 0.25) is 0 Å². The molecular formula is C22H24FN5O3. The lowest BCUT2D eigenvalue weighted by atomic mass is 10.1. The molecule has 2 aliphatic heterocycles. The van der Waals surface area contributed by atoms with Crippen molar-refractivity contribution in [3.05, 3.63) is 42.5 Å². The van der Waals surface area contributed by atoms with Gasteiger partial charge in [0.2, 0.25) is 5.88 Å². The summed E-state index contributed by atoms with van der Waals surface area (Å²) in [7, 11) is 0. The van der Waals surface area contributed by atoms with Gasteiger partial charge in [0.05, 0.1) is 18.3 Å². The number of halogens is 1. The van der Waals surface area contributed by atoms with Gasteiger partial charge >= 0.3 is 0 Å².